The zero-order valence-corrected chi connectivity index (χ0v) is 18.6. The van der Waals surface area contributed by atoms with E-state index in [-0.39, 0.29) is 18.2 Å². The van der Waals surface area contributed by atoms with Crippen LogP contribution in [-0.4, -0.2) is 19.9 Å². The first-order valence-electron chi connectivity index (χ1n) is 10.0. The van der Waals surface area contributed by atoms with E-state index in [1.165, 1.54) is 22.9 Å². The topological polar surface area (TPSA) is 145 Å². The number of rotatable bonds is 9. The maximum atomic E-state index is 13.0. The molecule has 1 aromatic carbocycles. The Hall–Kier alpha value is -3.63. The summed E-state index contributed by atoms with van der Waals surface area (Å²) in [6.45, 7) is -0.150. The molecule has 0 aliphatic carbocycles. The monoisotopic (exact) mass is 487 g/mol. The van der Waals surface area contributed by atoms with Crippen molar-refractivity contribution in [1.82, 2.24) is 10.1 Å². The third kappa shape index (κ3) is 6.24. The molecule has 0 atom stereocenters. The number of benzene rings is 1. The van der Waals surface area contributed by atoms with Crippen molar-refractivity contribution in [3.05, 3.63) is 89.6 Å². The fourth-order valence-electron chi connectivity index (χ4n) is 3.09. The van der Waals surface area contributed by atoms with E-state index >= 15 is 0 Å². The Morgan fingerprint density at radius 3 is 2.59 bits per heavy atom. The number of ether oxygens (including phenoxy) is 1. The van der Waals surface area contributed by atoms with Crippen molar-refractivity contribution < 1.29 is 37.1 Å². The molecule has 12 heteroatoms. The fraction of sp³-hybridized carbons (Fsp3) is 0.136. The molecule has 0 radical (unpaired) electrons. The van der Waals surface area contributed by atoms with E-state index in [1.54, 1.807) is 42.6 Å². The van der Waals surface area contributed by atoms with E-state index in [1.807, 2.05) is 6.07 Å². The zero-order valence-electron chi connectivity index (χ0n) is 17.7. The Kier molecular flexibility index (Phi) is 6.99. The number of pyridine rings is 2. The standard InChI is InChI=1S/C22H20FN4O6P/c23-17-6-3-15(4-7-17)13-31-21-8-5-16(12-25-21)10-18-11-20(33-26-18)19-2-1-9-27(22(19)24)14-32-34(28,29)30/h1-9,11-12,24H,10,13-14H2,(H2,28,29,30)/p+1. The van der Waals surface area contributed by atoms with E-state index in [0.29, 0.717) is 29.3 Å². The van der Waals surface area contributed by atoms with Gasteiger partial charge >= 0.3 is 7.82 Å². The quantitative estimate of drug-likeness (QED) is 0.240. The van der Waals surface area contributed by atoms with Crippen LogP contribution >= 0.6 is 7.82 Å². The number of nitrogens with two attached hydrogens (primary N) is 1. The zero-order chi connectivity index (χ0) is 24.1. The van der Waals surface area contributed by atoms with Gasteiger partial charge in [-0.25, -0.2) is 23.0 Å². The van der Waals surface area contributed by atoms with Gasteiger partial charge < -0.3 is 19.0 Å². The summed E-state index contributed by atoms with van der Waals surface area (Å²) >= 11 is 0. The van der Waals surface area contributed by atoms with Crippen molar-refractivity contribution in [2.75, 3.05) is 5.73 Å². The lowest BCUT2D eigenvalue weighted by molar-refractivity contribution is -0.711. The highest BCUT2D eigenvalue weighted by molar-refractivity contribution is 7.46. The van der Waals surface area contributed by atoms with E-state index in [2.05, 4.69) is 14.7 Å². The van der Waals surface area contributed by atoms with Crippen LogP contribution in [0.2, 0.25) is 0 Å². The predicted molar refractivity (Wildman–Crippen MR) is 117 cm³/mol. The minimum atomic E-state index is -4.64. The molecule has 0 saturated heterocycles. The Morgan fingerprint density at radius 2 is 1.88 bits per heavy atom. The fourth-order valence-corrected chi connectivity index (χ4v) is 3.37. The van der Waals surface area contributed by atoms with Crippen LogP contribution in [0.25, 0.3) is 11.3 Å². The third-order valence-electron chi connectivity index (χ3n) is 4.79. The molecular weight excluding hydrogens is 466 g/mol. The molecule has 4 aromatic rings. The lowest BCUT2D eigenvalue weighted by Crippen LogP contribution is -2.38. The predicted octanol–water partition coefficient (Wildman–Crippen LogP) is 2.98. The summed E-state index contributed by atoms with van der Waals surface area (Å²) in [6.07, 6.45) is 3.64. The summed E-state index contributed by atoms with van der Waals surface area (Å²) < 4.78 is 40.8. The van der Waals surface area contributed by atoms with Gasteiger partial charge in [0, 0.05) is 24.8 Å². The van der Waals surface area contributed by atoms with Gasteiger partial charge in [-0.05, 0) is 35.4 Å². The molecule has 176 valence electrons. The molecule has 0 bridgehead atoms. The first kappa shape index (κ1) is 23.5. The molecule has 4 rings (SSSR count). The average molecular weight is 487 g/mol. The lowest BCUT2D eigenvalue weighted by Gasteiger charge is -2.07. The number of nitrogen functional groups attached to an aromatic ring is 1. The molecule has 0 unspecified atom stereocenters. The Balaban J connectivity index is 1.39. The maximum Gasteiger partial charge on any atom is 0.472 e. The molecule has 10 nitrogen and oxygen atoms in total. The van der Waals surface area contributed by atoms with Crippen molar-refractivity contribution >= 4 is 13.6 Å². The summed E-state index contributed by atoms with van der Waals surface area (Å²) in [4.78, 5) is 22.1. The van der Waals surface area contributed by atoms with E-state index in [0.717, 1.165) is 11.1 Å². The number of aromatic nitrogens is 3. The Morgan fingerprint density at radius 1 is 1.12 bits per heavy atom. The van der Waals surface area contributed by atoms with Gasteiger partial charge in [-0.3, -0.25) is 5.73 Å². The van der Waals surface area contributed by atoms with Gasteiger partial charge in [0.15, 0.2) is 5.76 Å². The van der Waals surface area contributed by atoms with Crippen molar-refractivity contribution in [3.63, 3.8) is 0 Å². The summed E-state index contributed by atoms with van der Waals surface area (Å²) in [6, 6.07) is 14.7. The molecular formula is C22H21FN4O6P+. The number of phosphoric ester groups is 1. The van der Waals surface area contributed by atoms with E-state index < -0.39 is 14.6 Å². The summed E-state index contributed by atoms with van der Waals surface area (Å²) in [5.41, 5.74) is 8.94. The summed E-state index contributed by atoms with van der Waals surface area (Å²) in [7, 11) is -4.64. The molecule has 0 saturated carbocycles. The minimum Gasteiger partial charge on any atom is -0.473 e. The molecule has 3 heterocycles. The summed E-state index contributed by atoms with van der Waals surface area (Å²) in [5, 5.41) is 4.06. The van der Waals surface area contributed by atoms with Crippen molar-refractivity contribution in [1.29, 1.82) is 0 Å². The van der Waals surface area contributed by atoms with Crippen LogP contribution in [0.3, 0.4) is 0 Å². The van der Waals surface area contributed by atoms with Crippen molar-refractivity contribution in [2.45, 2.75) is 19.8 Å². The molecule has 0 amide bonds. The molecule has 3 aromatic heterocycles. The van der Waals surface area contributed by atoms with Gasteiger partial charge in [-0.15, -0.1) is 0 Å². The average Bonchev–Trinajstić information content (AvgIpc) is 3.26. The number of halogens is 1. The van der Waals surface area contributed by atoms with Crippen LogP contribution in [0, 0.1) is 5.82 Å². The smallest absolute Gasteiger partial charge is 0.472 e. The first-order valence-corrected chi connectivity index (χ1v) is 11.6. The first-order chi connectivity index (χ1) is 16.3. The van der Waals surface area contributed by atoms with Crippen LogP contribution in [0.15, 0.2) is 71.5 Å². The van der Waals surface area contributed by atoms with Gasteiger partial charge in [-0.1, -0.05) is 23.4 Å². The van der Waals surface area contributed by atoms with Gasteiger partial charge in [-0.2, -0.15) is 0 Å². The number of anilines is 1. The molecule has 0 fully saturated rings. The van der Waals surface area contributed by atoms with Crippen LogP contribution in [0.4, 0.5) is 10.2 Å². The van der Waals surface area contributed by atoms with Crippen molar-refractivity contribution in [3.8, 4) is 17.2 Å². The van der Waals surface area contributed by atoms with E-state index in [4.69, 9.17) is 24.8 Å². The molecule has 0 spiro atoms. The number of nitrogens with zero attached hydrogens (tertiary/aromatic N) is 3. The summed E-state index contributed by atoms with van der Waals surface area (Å²) in [5.74, 6) is 0.728. The second kappa shape index (κ2) is 10.1. The minimum absolute atomic E-state index is 0.197. The normalized spacial score (nSPS) is 11.5. The SMILES string of the molecule is Nc1c(-c2cc(Cc3ccc(OCc4ccc(F)cc4)nc3)no2)ccc[n+]1COP(=O)(O)O. The second-order valence-electron chi connectivity index (χ2n) is 7.30. The Labute approximate surface area is 193 Å². The Bertz CT molecular complexity index is 1310. The van der Waals surface area contributed by atoms with Crippen LogP contribution in [0.5, 0.6) is 5.88 Å². The van der Waals surface area contributed by atoms with Crippen LogP contribution in [-0.2, 0) is 28.8 Å². The van der Waals surface area contributed by atoms with Crippen LogP contribution < -0.4 is 15.0 Å². The highest BCUT2D eigenvalue weighted by atomic mass is 31.2. The molecule has 4 N–H and O–H groups in total. The third-order valence-corrected chi connectivity index (χ3v) is 5.24. The number of hydrogen-bond acceptors (Lipinski definition) is 7. The van der Waals surface area contributed by atoms with Gasteiger partial charge in [0.05, 0.1) is 11.9 Å². The molecule has 34 heavy (non-hydrogen) atoms. The number of phosphoric acid groups is 1. The number of hydrogen-bond donors (Lipinski definition) is 3. The highest BCUT2D eigenvalue weighted by Crippen LogP contribution is 2.35. The van der Waals surface area contributed by atoms with Gasteiger partial charge in [0.1, 0.15) is 18.0 Å². The maximum absolute atomic E-state index is 13.0. The second-order valence-corrected chi connectivity index (χ2v) is 8.54. The van der Waals surface area contributed by atoms with Crippen LogP contribution in [0.1, 0.15) is 16.8 Å². The largest absolute Gasteiger partial charge is 0.473 e. The van der Waals surface area contributed by atoms with E-state index in [9.17, 15) is 8.96 Å². The molecule has 0 aliphatic heterocycles. The van der Waals surface area contributed by atoms with Gasteiger partial charge in [0.25, 0.3) is 5.82 Å². The lowest BCUT2D eigenvalue weighted by atomic mass is 10.1. The molecule has 0 aliphatic rings. The highest BCUT2D eigenvalue weighted by Gasteiger charge is 2.20. The van der Waals surface area contributed by atoms with Crippen molar-refractivity contribution in [2.24, 2.45) is 0 Å². The van der Waals surface area contributed by atoms with Gasteiger partial charge in [0.2, 0.25) is 12.6 Å².